The summed E-state index contributed by atoms with van der Waals surface area (Å²) < 4.78 is 0. The summed E-state index contributed by atoms with van der Waals surface area (Å²) in [5.74, 6) is 0. The average Bonchev–Trinajstić information content (AvgIpc) is 2.74. The SMILES string of the molecule is Cc1ccc(CNCc2cncs2)cc1. The maximum Gasteiger partial charge on any atom is 0.0794 e. The van der Waals surface area contributed by atoms with Gasteiger partial charge in [0.05, 0.1) is 5.51 Å². The van der Waals surface area contributed by atoms with Gasteiger partial charge in [-0.05, 0) is 12.5 Å². The van der Waals surface area contributed by atoms with Crippen LogP contribution in [0.4, 0.5) is 0 Å². The van der Waals surface area contributed by atoms with E-state index in [4.69, 9.17) is 0 Å². The Balaban J connectivity index is 1.81. The fraction of sp³-hybridized carbons (Fsp3) is 0.250. The standard InChI is InChI=1S/C12H14N2S/c1-10-2-4-11(5-3-10)6-13-7-12-8-14-9-15-12/h2-5,8-9,13H,6-7H2,1H3. The maximum absolute atomic E-state index is 4.04. The molecule has 0 aliphatic rings. The molecule has 0 bridgehead atoms. The van der Waals surface area contributed by atoms with E-state index in [1.807, 2.05) is 11.7 Å². The van der Waals surface area contributed by atoms with Crippen LogP contribution in [0.25, 0.3) is 0 Å². The van der Waals surface area contributed by atoms with Gasteiger partial charge in [0.1, 0.15) is 0 Å². The van der Waals surface area contributed by atoms with Crippen LogP contribution in [0.15, 0.2) is 36.0 Å². The lowest BCUT2D eigenvalue weighted by atomic mass is 10.1. The largest absolute Gasteiger partial charge is 0.308 e. The Morgan fingerprint density at radius 1 is 1.20 bits per heavy atom. The highest BCUT2D eigenvalue weighted by Crippen LogP contribution is 2.06. The molecule has 1 heterocycles. The van der Waals surface area contributed by atoms with Crippen LogP contribution in [-0.2, 0) is 13.1 Å². The van der Waals surface area contributed by atoms with E-state index in [9.17, 15) is 0 Å². The van der Waals surface area contributed by atoms with E-state index >= 15 is 0 Å². The molecule has 0 atom stereocenters. The lowest BCUT2D eigenvalue weighted by Crippen LogP contribution is -2.11. The number of aromatic nitrogens is 1. The van der Waals surface area contributed by atoms with Gasteiger partial charge in [0.25, 0.3) is 0 Å². The van der Waals surface area contributed by atoms with Gasteiger partial charge in [-0.2, -0.15) is 0 Å². The quantitative estimate of drug-likeness (QED) is 0.853. The van der Waals surface area contributed by atoms with Crippen molar-refractivity contribution in [1.29, 1.82) is 0 Å². The molecule has 0 saturated heterocycles. The van der Waals surface area contributed by atoms with Crippen molar-refractivity contribution in [3.8, 4) is 0 Å². The van der Waals surface area contributed by atoms with Gasteiger partial charge in [-0.25, -0.2) is 0 Å². The van der Waals surface area contributed by atoms with E-state index in [0.717, 1.165) is 13.1 Å². The highest BCUT2D eigenvalue weighted by Gasteiger charge is 1.95. The predicted molar refractivity (Wildman–Crippen MR) is 63.8 cm³/mol. The van der Waals surface area contributed by atoms with Crippen LogP contribution in [0.2, 0.25) is 0 Å². The van der Waals surface area contributed by atoms with Crippen LogP contribution in [0.5, 0.6) is 0 Å². The van der Waals surface area contributed by atoms with Gasteiger partial charge in [0.2, 0.25) is 0 Å². The third-order valence-corrected chi connectivity index (χ3v) is 3.01. The zero-order valence-electron chi connectivity index (χ0n) is 8.73. The second-order valence-corrected chi connectivity index (χ2v) is 4.53. The number of aryl methyl sites for hydroxylation is 1. The van der Waals surface area contributed by atoms with E-state index in [0.29, 0.717) is 0 Å². The number of rotatable bonds is 4. The second-order valence-electron chi connectivity index (χ2n) is 3.56. The highest BCUT2D eigenvalue weighted by molar-refractivity contribution is 7.09. The number of thiazole rings is 1. The molecule has 0 radical (unpaired) electrons. The molecule has 2 rings (SSSR count). The molecule has 15 heavy (non-hydrogen) atoms. The Bertz CT molecular complexity index is 392. The summed E-state index contributed by atoms with van der Waals surface area (Å²) in [5.41, 5.74) is 4.49. The van der Waals surface area contributed by atoms with Gasteiger partial charge >= 0.3 is 0 Å². The third kappa shape index (κ3) is 3.15. The zero-order valence-corrected chi connectivity index (χ0v) is 9.55. The molecule has 78 valence electrons. The first-order chi connectivity index (χ1) is 7.34. The number of benzene rings is 1. The predicted octanol–water partition coefficient (Wildman–Crippen LogP) is 2.74. The molecule has 2 nitrogen and oxygen atoms in total. The van der Waals surface area contributed by atoms with Crippen LogP contribution in [0.3, 0.4) is 0 Å². The lowest BCUT2D eigenvalue weighted by molar-refractivity contribution is 0.700. The van der Waals surface area contributed by atoms with Crippen LogP contribution in [-0.4, -0.2) is 4.98 Å². The molecule has 0 aliphatic carbocycles. The summed E-state index contributed by atoms with van der Waals surface area (Å²) >= 11 is 1.69. The molecule has 1 N–H and O–H groups in total. The van der Waals surface area contributed by atoms with Crippen molar-refractivity contribution in [3.05, 3.63) is 52.0 Å². The van der Waals surface area contributed by atoms with Crippen LogP contribution in [0, 0.1) is 6.92 Å². The molecule has 0 saturated carbocycles. The highest BCUT2D eigenvalue weighted by atomic mass is 32.1. The molecule has 0 unspecified atom stereocenters. The van der Waals surface area contributed by atoms with Crippen molar-refractivity contribution >= 4 is 11.3 Å². The molecule has 3 heteroatoms. The van der Waals surface area contributed by atoms with E-state index < -0.39 is 0 Å². The zero-order chi connectivity index (χ0) is 10.5. The maximum atomic E-state index is 4.04. The van der Waals surface area contributed by atoms with Crippen molar-refractivity contribution in [3.63, 3.8) is 0 Å². The fourth-order valence-corrected chi connectivity index (χ4v) is 1.93. The molecule has 1 aromatic heterocycles. The minimum atomic E-state index is 0.901. The van der Waals surface area contributed by atoms with Crippen molar-refractivity contribution in [2.45, 2.75) is 20.0 Å². The summed E-state index contributed by atoms with van der Waals surface area (Å²) in [6.45, 7) is 3.92. The van der Waals surface area contributed by atoms with Crippen molar-refractivity contribution in [2.75, 3.05) is 0 Å². The smallest absolute Gasteiger partial charge is 0.0794 e. The van der Waals surface area contributed by atoms with E-state index in [-0.39, 0.29) is 0 Å². The molecule has 1 aromatic carbocycles. The molecule has 2 aromatic rings. The van der Waals surface area contributed by atoms with Crippen LogP contribution in [0.1, 0.15) is 16.0 Å². The Labute approximate surface area is 94.0 Å². The van der Waals surface area contributed by atoms with Crippen molar-refractivity contribution in [1.82, 2.24) is 10.3 Å². The van der Waals surface area contributed by atoms with Crippen molar-refractivity contribution in [2.24, 2.45) is 0 Å². The first-order valence-corrected chi connectivity index (χ1v) is 5.86. The summed E-state index contributed by atoms with van der Waals surface area (Å²) in [6, 6.07) is 8.61. The van der Waals surface area contributed by atoms with Gasteiger partial charge in [-0.3, -0.25) is 4.98 Å². The topological polar surface area (TPSA) is 24.9 Å². The van der Waals surface area contributed by atoms with E-state index in [1.165, 1.54) is 16.0 Å². The van der Waals surface area contributed by atoms with Gasteiger partial charge in [0, 0.05) is 24.2 Å². The number of hydrogen-bond acceptors (Lipinski definition) is 3. The van der Waals surface area contributed by atoms with Crippen LogP contribution < -0.4 is 5.32 Å². The Kier molecular flexibility index (Phi) is 3.48. The van der Waals surface area contributed by atoms with E-state index in [2.05, 4.69) is 41.5 Å². The first-order valence-electron chi connectivity index (χ1n) is 4.98. The molecule has 0 fully saturated rings. The summed E-state index contributed by atoms with van der Waals surface area (Å²) in [4.78, 5) is 5.32. The Morgan fingerprint density at radius 3 is 2.67 bits per heavy atom. The Morgan fingerprint density at radius 2 is 2.00 bits per heavy atom. The van der Waals surface area contributed by atoms with E-state index in [1.54, 1.807) is 11.3 Å². The summed E-state index contributed by atoms with van der Waals surface area (Å²) in [6.07, 6.45) is 1.91. The van der Waals surface area contributed by atoms with Gasteiger partial charge < -0.3 is 5.32 Å². The average molecular weight is 218 g/mol. The molecule has 0 spiro atoms. The minimum Gasteiger partial charge on any atom is -0.308 e. The normalized spacial score (nSPS) is 10.5. The van der Waals surface area contributed by atoms with Gasteiger partial charge in [-0.1, -0.05) is 29.8 Å². The third-order valence-electron chi connectivity index (χ3n) is 2.23. The molecular formula is C12H14N2S. The summed E-state index contributed by atoms with van der Waals surface area (Å²) in [5, 5.41) is 3.39. The number of nitrogens with one attached hydrogen (secondary N) is 1. The molecule has 0 amide bonds. The monoisotopic (exact) mass is 218 g/mol. The van der Waals surface area contributed by atoms with Crippen molar-refractivity contribution < 1.29 is 0 Å². The van der Waals surface area contributed by atoms with Crippen LogP contribution >= 0.6 is 11.3 Å². The second kappa shape index (κ2) is 5.05. The number of nitrogens with zero attached hydrogens (tertiary/aromatic N) is 1. The lowest BCUT2D eigenvalue weighted by Gasteiger charge is -2.03. The minimum absolute atomic E-state index is 0.901. The fourth-order valence-electron chi connectivity index (χ4n) is 1.37. The molecular weight excluding hydrogens is 204 g/mol. The number of hydrogen-bond donors (Lipinski definition) is 1. The first kappa shape index (κ1) is 10.3. The van der Waals surface area contributed by atoms with Gasteiger partial charge in [0.15, 0.2) is 0 Å². The molecule has 0 aliphatic heterocycles. The summed E-state index contributed by atoms with van der Waals surface area (Å²) in [7, 11) is 0. The van der Waals surface area contributed by atoms with Gasteiger partial charge in [-0.15, -0.1) is 11.3 Å². The Hall–Kier alpha value is -1.19.